The van der Waals surface area contributed by atoms with Crippen LogP contribution in [0.5, 0.6) is 5.75 Å². The van der Waals surface area contributed by atoms with Crippen molar-refractivity contribution in [3.63, 3.8) is 0 Å². The van der Waals surface area contributed by atoms with Crippen LogP contribution >= 0.6 is 0 Å². The van der Waals surface area contributed by atoms with Crippen LogP contribution in [-0.4, -0.2) is 41.7 Å². The molecule has 0 radical (unpaired) electrons. The average Bonchev–Trinajstić information content (AvgIpc) is 2.41. The lowest BCUT2D eigenvalue weighted by molar-refractivity contribution is 0.0269. The molecule has 4 atom stereocenters. The van der Waals surface area contributed by atoms with Crippen LogP contribution in [0, 0.1) is 5.92 Å². The first kappa shape index (κ1) is 13.9. The summed E-state index contributed by atoms with van der Waals surface area (Å²) in [6.07, 6.45) is 1.16. The van der Waals surface area contributed by atoms with Crippen molar-refractivity contribution in [2.45, 2.75) is 44.7 Å². The van der Waals surface area contributed by atoms with E-state index in [2.05, 4.69) is 37.1 Å². The third-order valence-electron chi connectivity index (χ3n) is 5.49. The van der Waals surface area contributed by atoms with Crippen molar-refractivity contribution in [1.29, 1.82) is 0 Å². The van der Waals surface area contributed by atoms with Crippen LogP contribution in [0.1, 0.15) is 32.8 Å². The summed E-state index contributed by atoms with van der Waals surface area (Å²) in [5.74, 6) is 0.986. The molecule has 1 aromatic carbocycles. The van der Waals surface area contributed by atoms with Crippen LogP contribution in [0.2, 0.25) is 0 Å². The lowest BCUT2D eigenvalue weighted by atomic mass is 9.65. The summed E-state index contributed by atoms with van der Waals surface area (Å²) in [4.78, 5) is 2.65. The molecule has 2 aliphatic heterocycles. The Morgan fingerprint density at radius 3 is 2.85 bits per heavy atom. The molecule has 3 rings (SSSR count). The van der Waals surface area contributed by atoms with Crippen LogP contribution in [0.4, 0.5) is 0 Å². The number of fused-ring (bicyclic) bond motifs is 1. The summed E-state index contributed by atoms with van der Waals surface area (Å²) >= 11 is 0. The monoisotopic (exact) mass is 274 g/mol. The molecule has 0 bridgehead atoms. The third kappa shape index (κ3) is 2.33. The minimum Gasteiger partial charge on any atom is -0.508 e. The van der Waals surface area contributed by atoms with Crippen LogP contribution in [0.15, 0.2) is 24.3 Å². The minimum absolute atomic E-state index is 0.155. The molecule has 2 heterocycles. The van der Waals surface area contributed by atoms with Gasteiger partial charge in [0.1, 0.15) is 5.75 Å². The van der Waals surface area contributed by atoms with Crippen LogP contribution in [-0.2, 0) is 5.41 Å². The van der Waals surface area contributed by atoms with Gasteiger partial charge in [0.25, 0.3) is 0 Å². The Hall–Kier alpha value is -1.06. The average molecular weight is 274 g/mol. The van der Waals surface area contributed by atoms with Gasteiger partial charge in [0.15, 0.2) is 0 Å². The molecule has 110 valence electrons. The first-order valence-electron chi connectivity index (χ1n) is 7.76. The maximum absolute atomic E-state index is 9.79. The smallest absolute Gasteiger partial charge is 0.115 e. The maximum Gasteiger partial charge on any atom is 0.115 e. The number of benzene rings is 1. The molecule has 1 unspecified atom stereocenters. The maximum atomic E-state index is 9.79. The summed E-state index contributed by atoms with van der Waals surface area (Å²) < 4.78 is 0. The van der Waals surface area contributed by atoms with E-state index >= 15 is 0 Å². The van der Waals surface area contributed by atoms with Gasteiger partial charge in [-0.2, -0.15) is 0 Å². The second-order valence-electron chi connectivity index (χ2n) is 6.99. The van der Waals surface area contributed by atoms with Gasteiger partial charge >= 0.3 is 0 Å². The Labute approximate surface area is 122 Å². The molecule has 0 spiro atoms. The van der Waals surface area contributed by atoms with Crippen LogP contribution < -0.4 is 5.32 Å². The molecular weight excluding hydrogens is 248 g/mol. The standard InChI is InChI=1S/C17H26N2O/c1-12-10-19-11-13(2)18-9-15(19)8-17(12,3)14-5-4-6-16(20)7-14/h4-7,12-13,15,18,20H,8-11H2,1-3H3/t12-,13-,15?,17+/m0/s1. The Kier molecular flexibility index (Phi) is 3.51. The third-order valence-corrected chi connectivity index (χ3v) is 5.49. The van der Waals surface area contributed by atoms with E-state index in [1.165, 1.54) is 5.56 Å². The second-order valence-corrected chi connectivity index (χ2v) is 6.99. The number of rotatable bonds is 1. The molecule has 0 amide bonds. The van der Waals surface area contributed by atoms with Gasteiger partial charge in [-0.25, -0.2) is 0 Å². The van der Waals surface area contributed by atoms with E-state index in [1.54, 1.807) is 6.07 Å². The van der Waals surface area contributed by atoms with Gasteiger partial charge in [-0.3, -0.25) is 4.90 Å². The number of piperazine rings is 1. The molecule has 3 heteroatoms. The van der Waals surface area contributed by atoms with Gasteiger partial charge in [-0.1, -0.05) is 26.0 Å². The zero-order valence-electron chi connectivity index (χ0n) is 12.8. The van der Waals surface area contributed by atoms with Crippen molar-refractivity contribution in [1.82, 2.24) is 10.2 Å². The molecule has 20 heavy (non-hydrogen) atoms. The predicted molar refractivity (Wildman–Crippen MR) is 82.1 cm³/mol. The summed E-state index contributed by atoms with van der Waals surface area (Å²) in [6.45, 7) is 10.4. The van der Waals surface area contributed by atoms with Gasteiger partial charge in [0.2, 0.25) is 0 Å². The molecule has 2 saturated heterocycles. The number of aromatic hydroxyl groups is 1. The van der Waals surface area contributed by atoms with Crippen LogP contribution in [0.3, 0.4) is 0 Å². The molecule has 2 N–H and O–H groups in total. The first-order valence-corrected chi connectivity index (χ1v) is 7.76. The summed E-state index contributed by atoms with van der Waals surface area (Å²) in [5, 5.41) is 13.4. The van der Waals surface area contributed by atoms with Gasteiger partial charge in [-0.15, -0.1) is 0 Å². The molecule has 0 aromatic heterocycles. The van der Waals surface area contributed by atoms with Crippen molar-refractivity contribution in [2.24, 2.45) is 5.92 Å². The predicted octanol–water partition coefficient (Wildman–Crippen LogP) is 2.35. The minimum atomic E-state index is 0.155. The summed E-state index contributed by atoms with van der Waals surface area (Å²) in [5.41, 5.74) is 1.44. The van der Waals surface area contributed by atoms with Crippen molar-refractivity contribution in [2.75, 3.05) is 19.6 Å². The molecule has 2 aliphatic rings. The van der Waals surface area contributed by atoms with Crippen molar-refractivity contribution < 1.29 is 5.11 Å². The quantitative estimate of drug-likeness (QED) is 0.825. The number of hydrogen-bond donors (Lipinski definition) is 2. The zero-order chi connectivity index (χ0) is 14.3. The van der Waals surface area contributed by atoms with Gasteiger partial charge in [0.05, 0.1) is 0 Å². The molecule has 0 saturated carbocycles. The lowest BCUT2D eigenvalue weighted by Gasteiger charge is -2.52. The van der Waals surface area contributed by atoms with Crippen molar-refractivity contribution >= 4 is 0 Å². The summed E-state index contributed by atoms with van der Waals surface area (Å²) in [6, 6.07) is 9.07. The van der Waals surface area contributed by atoms with Crippen LogP contribution in [0.25, 0.3) is 0 Å². The van der Waals surface area contributed by atoms with E-state index in [-0.39, 0.29) is 5.41 Å². The number of piperidine rings is 1. The van der Waals surface area contributed by atoms with E-state index in [0.717, 1.165) is 26.1 Å². The van der Waals surface area contributed by atoms with E-state index in [0.29, 0.717) is 23.8 Å². The van der Waals surface area contributed by atoms with E-state index in [1.807, 2.05) is 12.1 Å². The zero-order valence-corrected chi connectivity index (χ0v) is 12.8. The number of nitrogens with one attached hydrogen (secondary N) is 1. The Bertz CT molecular complexity index is 490. The molecule has 1 aromatic rings. The normalized spacial score (nSPS) is 38.5. The SMILES string of the molecule is C[C@H]1CN2C[C@H](C)[C@](C)(c3cccc(O)c3)CC2CN1. The van der Waals surface area contributed by atoms with E-state index < -0.39 is 0 Å². The van der Waals surface area contributed by atoms with E-state index in [9.17, 15) is 5.11 Å². The Morgan fingerprint density at radius 2 is 2.10 bits per heavy atom. The lowest BCUT2D eigenvalue weighted by Crippen LogP contribution is -2.62. The Balaban J connectivity index is 1.87. The fourth-order valence-electron chi connectivity index (χ4n) is 3.96. The number of nitrogens with zero attached hydrogens (tertiary/aromatic N) is 1. The van der Waals surface area contributed by atoms with Gasteiger partial charge in [-0.05, 0) is 42.4 Å². The number of phenolic OH excluding ortho intramolecular Hbond substituents is 1. The van der Waals surface area contributed by atoms with Crippen molar-refractivity contribution in [3.05, 3.63) is 29.8 Å². The second kappa shape index (κ2) is 5.05. The van der Waals surface area contributed by atoms with E-state index in [4.69, 9.17) is 0 Å². The number of hydrogen-bond acceptors (Lipinski definition) is 3. The molecular formula is C17H26N2O. The number of phenols is 1. The topological polar surface area (TPSA) is 35.5 Å². The Morgan fingerprint density at radius 1 is 1.30 bits per heavy atom. The highest BCUT2D eigenvalue weighted by Crippen LogP contribution is 2.43. The summed E-state index contributed by atoms with van der Waals surface area (Å²) in [7, 11) is 0. The highest BCUT2D eigenvalue weighted by molar-refractivity contribution is 5.34. The molecule has 3 nitrogen and oxygen atoms in total. The largest absolute Gasteiger partial charge is 0.508 e. The first-order chi connectivity index (χ1) is 9.49. The van der Waals surface area contributed by atoms with Crippen molar-refractivity contribution in [3.8, 4) is 5.75 Å². The van der Waals surface area contributed by atoms with Gasteiger partial charge < -0.3 is 10.4 Å². The molecule has 0 aliphatic carbocycles. The highest BCUT2D eigenvalue weighted by atomic mass is 16.3. The van der Waals surface area contributed by atoms with Gasteiger partial charge in [0, 0.05) is 31.7 Å². The molecule has 2 fully saturated rings. The fourth-order valence-corrected chi connectivity index (χ4v) is 3.96. The highest BCUT2D eigenvalue weighted by Gasteiger charge is 2.44. The fraction of sp³-hybridized carbons (Fsp3) is 0.647.